The molecule has 72 heavy (non-hydrogen) atoms. The Morgan fingerprint density at radius 1 is 0.778 bits per heavy atom. The smallest absolute Gasteiger partial charge is 0.211 e. The van der Waals surface area contributed by atoms with Crippen molar-refractivity contribution in [3.05, 3.63) is 72.1 Å². The molecule has 3 aromatic heterocycles. The van der Waals surface area contributed by atoms with Crippen LogP contribution >= 0.6 is 0 Å². The van der Waals surface area contributed by atoms with Crippen LogP contribution < -0.4 is 34.8 Å². The van der Waals surface area contributed by atoms with Crippen molar-refractivity contribution in [3.63, 3.8) is 0 Å². The molecule has 0 bridgehead atoms. The lowest BCUT2D eigenvalue weighted by Gasteiger charge is -2.39. The Balaban J connectivity index is 1.18. The summed E-state index contributed by atoms with van der Waals surface area (Å²) in [5, 5.41) is 26.9. The molecule has 3 unspecified atom stereocenters. The summed E-state index contributed by atoms with van der Waals surface area (Å²) in [5.74, 6) is 4.98. The SMILES string of the molecule is CNCC(O)COc1cccc(-c2nc(-c3nc(Cc4ccc(OCC(O)CNC)cc4-c4nc(N5CCN(S(C)(=O)=O)C(C)C5)cc(N(C)C5CCOCC5)n4)cn3C)cc(N(C)C3CCOCC3)n2)c1. The third-order valence-electron chi connectivity index (χ3n) is 13.6. The van der Waals surface area contributed by atoms with Gasteiger partial charge in [0.25, 0.3) is 0 Å². The minimum absolute atomic E-state index is 0.0775. The van der Waals surface area contributed by atoms with Gasteiger partial charge in [0.2, 0.25) is 10.0 Å². The van der Waals surface area contributed by atoms with Gasteiger partial charge in [-0.15, -0.1) is 0 Å². The van der Waals surface area contributed by atoms with E-state index in [-0.39, 0.29) is 31.3 Å². The van der Waals surface area contributed by atoms with Crippen LogP contribution in [0.4, 0.5) is 17.5 Å². The average Bonchev–Trinajstić information content (AvgIpc) is 3.76. The van der Waals surface area contributed by atoms with Crippen LogP contribution in [0.3, 0.4) is 0 Å². The molecule has 2 aromatic carbocycles. The maximum atomic E-state index is 12.7. The summed E-state index contributed by atoms with van der Waals surface area (Å²) in [5.41, 5.74) is 3.82. The number of aliphatic hydroxyl groups is 2. The average molecular weight is 1010 g/mol. The molecule has 4 N–H and O–H groups in total. The van der Waals surface area contributed by atoms with Crippen molar-refractivity contribution in [3.8, 4) is 45.8 Å². The van der Waals surface area contributed by atoms with Gasteiger partial charge in [-0.25, -0.2) is 33.3 Å². The lowest BCUT2D eigenvalue weighted by Crippen LogP contribution is -2.54. The van der Waals surface area contributed by atoms with Gasteiger partial charge in [-0.1, -0.05) is 18.2 Å². The second-order valence-corrected chi connectivity index (χ2v) is 21.1. The number of benzene rings is 2. The number of aromatic nitrogens is 6. The molecule has 3 atom stereocenters. The number of nitrogens with one attached hydrogen (secondary N) is 2. The van der Waals surface area contributed by atoms with E-state index in [0.29, 0.717) is 106 Å². The van der Waals surface area contributed by atoms with Crippen molar-refractivity contribution in [2.75, 3.05) is 122 Å². The van der Waals surface area contributed by atoms with Crippen LogP contribution in [-0.4, -0.2) is 190 Å². The Morgan fingerprint density at radius 3 is 2.00 bits per heavy atom. The fourth-order valence-electron chi connectivity index (χ4n) is 9.66. The minimum Gasteiger partial charge on any atom is -0.491 e. The van der Waals surface area contributed by atoms with Crippen LogP contribution in [0, 0.1) is 0 Å². The summed E-state index contributed by atoms with van der Waals surface area (Å²) in [7, 11) is 6.26. The zero-order valence-corrected chi connectivity index (χ0v) is 43.5. The lowest BCUT2D eigenvalue weighted by molar-refractivity contribution is 0.0852. The number of anilines is 3. The Morgan fingerprint density at radius 2 is 1.39 bits per heavy atom. The molecule has 20 nitrogen and oxygen atoms in total. The quantitative estimate of drug-likeness (QED) is 0.0830. The first kappa shape index (κ1) is 52.8. The molecule has 3 saturated heterocycles. The molecule has 0 aliphatic carbocycles. The highest BCUT2D eigenvalue weighted by molar-refractivity contribution is 7.88. The van der Waals surface area contributed by atoms with E-state index in [1.807, 2.05) is 79.3 Å². The van der Waals surface area contributed by atoms with E-state index < -0.39 is 22.2 Å². The largest absolute Gasteiger partial charge is 0.491 e. The molecule has 0 radical (unpaired) electrons. The summed E-state index contributed by atoms with van der Waals surface area (Å²) in [6.07, 6.45) is 5.73. The summed E-state index contributed by atoms with van der Waals surface area (Å²) in [6.45, 7) is 6.85. The number of sulfonamides is 1. The molecule has 5 aromatic rings. The Hall–Kier alpha value is -5.52. The normalized spacial score (nSPS) is 18.2. The number of nitrogens with zero attached hydrogens (tertiary/aromatic N) is 10. The maximum absolute atomic E-state index is 12.7. The molecule has 3 aliphatic heterocycles. The summed E-state index contributed by atoms with van der Waals surface area (Å²) in [4.78, 5) is 32.6. The molecule has 390 valence electrons. The third kappa shape index (κ3) is 13.2. The van der Waals surface area contributed by atoms with Crippen LogP contribution in [0.2, 0.25) is 0 Å². The van der Waals surface area contributed by atoms with Gasteiger partial charge in [0.1, 0.15) is 60.1 Å². The van der Waals surface area contributed by atoms with E-state index in [1.165, 1.54) is 6.26 Å². The van der Waals surface area contributed by atoms with Gasteiger partial charge in [0, 0.05) is 134 Å². The molecule has 6 heterocycles. The number of aryl methyl sites for hydroxylation is 1. The predicted octanol–water partition coefficient (Wildman–Crippen LogP) is 3.21. The van der Waals surface area contributed by atoms with E-state index in [4.69, 9.17) is 43.9 Å². The zero-order chi connectivity index (χ0) is 50.9. The lowest BCUT2D eigenvalue weighted by atomic mass is 10.0. The van der Waals surface area contributed by atoms with Crippen molar-refractivity contribution in [2.45, 2.75) is 69.4 Å². The first-order valence-electron chi connectivity index (χ1n) is 25.0. The van der Waals surface area contributed by atoms with Crippen LogP contribution in [0.1, 0.15) is 43.9 Å². The maximum Gasteiger partial charge on any atom is 0.211 e. The number of rotatable bonds is 21. The van der Waals surface area contributed by atoms with Gasteiger partial charge in [-0.05, 0) is 76.5 Å². The van der Waals surface area contributed by atoms with Crippen molar-refractivity contribution in [2.24, 2.45) is 7.05 Å². The van der Waals surface area contributed by atoms with E-state index in [1.54, 1.807) is 18.4 Å². The monoisotopic (exact) mass is 1010 g/mol. The molecular weight excluding hydrogens is 941 g/mol. The Bertz CT molecular complexity index is 2700. The van der Waals surface area contributed by atoms with Crippen LogP contribution in [0.5, 0.6) is 11.5 Å². The van der Waals surface area contributed by atoms with E-state index in [0.717, 1.165) is 59.7 Å². The van der Waals surface area contributed by atoms with Gasteiger partial charge in [0.15, 0.2) is 17.5 Å². The number of likely N-dealkylation sites (N-methyl/N-ethyl adjacent to an activating group) is 2. The van der Waals surface area contributed by atoms with Gasteiger partial charge < -0.3 is 59.1 Å². The highest BCUT2D eigenvalue weighted by Crippen LogP contribution is 2.35. The zero-order valence-electron chi connectivity index (χ0n) is 42.7. The van der Waals surface area contributed by atoms with E-state index in [9.17, 15) is 18.6 Å². The second-order valence-electron chi connectivity index (χ2n) is 19.2. The molecule has 0 saturated carbocycles. The topological polar surface area (TPSA) is 218 Å². The number of ether oxygens (including phenoxy) is 4. The van der Waals surface area contributed by atoms with E-state index >= 15 is 0 Å². The highest BCUT2D eigenvalue weighted by Gasteiger charge is 2.32. The number of hydrogen-bond acceptors (Lipinski definition) is 18. The van der Waals surface area contributed by atoms with Gasteiger partial charge in [-0.3, -0.25) is 0 Å². The first-order valence-corrected chi connectivity index (χ1v) is 26.8. The third-order valence-corrected chi connectivity index (χ3v) is 15.0. The highest BCUT2D eigenvalue weighted by atomic mass is 32.2. The van der Waals surface area contributed by atoms with Gasteiger partial charge >= 0.3 is 0 Å². The predicted molar refractivity (Wildman–Crippen MR) is 279 cm³/mol. The molecule has 3 aliphatic rings. The molecule has 0 spiro atoms. The van der Waals surface area contributed by atoms with Crippen molar-refractivity contribution in [1.82, 2.24) is 44.4 Å². The molecule has 3 fully saturated rings. The van der Waals surface area contributed by atoms with Crippen LogP contribution in [-0.2, 0) is 33.0 Å². The summed E-state index contributed by atoms with van der Waals surface area (Å²) < 4.78 is 52.5. The van der Waals surface area contributed by atoms with Crippen molar-refractivity contribution in [1.29, 1.82) is 0 Å². The minimum atomic E-state index is -3.39. The van der Waals surface area contributed by atoms with Crippen molar-refractivity contribution < 1.29 is 37.6 Å². The summed E-state index contributed by atoms with van der Waals surface area (Å²) in [6, 6.07) is 17.6. The standard InChI is InChI=1S/C51H72N12O8S/c1-34-30-62(17-18-63(34)72(7,66)67)48-27-47(61(6)39-15-21-69-22-16-39)57-50(58-48)44-25-43(71-33-41(65)29-53-3)12-11-35(44)23-37-31-59(4)51(54-37)45-26-46(60(5)38-13-19-68-20-14-38)56-49(55-45)36-9-8-10-42(24-36)70-32-40(64)28-52-2/h8-12,24-27,31,34,38-41,52-53,64-65H,13-23,28-30,32-33H2,1-7H3. The fourth-order valence-corrected chi connectivity index (χ4v) is 10.8. The molecule has 0 amide bonds. The molecule has 21 heteroatoms. The Labute approximate surface area is 423 Å². The van der Waals surface area contributed by atoms with Crippen molar-refractivity contribution >= 4 is 27.5 Å². The second kappa shape index (κ2) is 24.0. The summed E-state index contributed by atoms with van der Waals surface area (Å²) >= 11 is 0. The number of piperazine rings is 1. The number of aliphatic hydroxyl groups excluding tert-OH is 2. The first-order chi connectivity index (χ1) is 34.7. The number of hydrogen-bond donors (Lipinski definition) is 4. The molecular formula is C51H72N12O8S. The van der Waals surface area contributed by atoms with Crippen LogP contribution in [0.25, 0.3) is 34.3 Å². The molecule has 8 rings (SSSR count). The number of imidazole rings is 1. The Kier molecular flexibility index (Phi) is 17.6. The fraction of sp³-hybridized carbons (Fsp3) is 0.549. The van der Waals surface area contributed by atoms with Crippen LogP contribution in [0.15, 0.2) is 60.8 Å². The van der Waals surface area contributed by atoms with Gasteiger partial charge in [-0.2, -0.15) is 4.31 Å². The van der Waals surface area contributed by atoms with Gasteiger partial charge in [0.05, 0.1) is 11.9 Å². The van der Waals surface area contributed by atoms with E-state index in [2.05, 4.69) is 39.4 Å².